The minimum atomic E-state index is -0.223. The Morgan fingerprint density at radius 1 is 0.966 bits per heavy atom. The lowest BCUT2D eigenvalue weighted by molar-refractivity contribution is 0.0916. The Labute approximate surface area is 171 Å². The van der Waals surface area contributed by atoms with Crippen molar-refractivity contribution >= 4 is 5.91 Å². The van der Waals surface area contributed by atoms with Crippen LogP contribution >= 0.6 is 0 Å². The molecule has 0 saturated carbocycles. The lowest BCUT2D eigenvalue weighted by Gasteiger charge is -2.22. The molecule has 1 amide bonds. The van der Waals surface area contributed by atoms with Crippen molar-refractivity contribution in [1.29, 1.82) is 0 Å². The van der Waals surface area contributed by atoms with Crippen LogP contribution in [0.2, 0.25) is 0 Å². The first kappa shape index (κ1) is 20.8. The smallest absolute Gasteiger partial charge is 0.287 e. The van der Waals surface area contributed by atoms with Crippen molar-refractivity contribution in [1.82, 2.24) is 10.2 Å². The summed E-state index contributed by atoms with van der Waals surface area (Å²) in [6.45, 7) is 6.24. The molecule has 0 aliphatic heterocycles. The number of rotatable bonds is 9. The van der Waals surface area contributed by atoms with E-state index < -0.39 is 0 Å². The van der Waals surface area contributed by atoms with Crippen LogP contribution in [0.1, 0.15) is 41.3 Å². The van der Waals surface area contributed by atoms with E-state index >= 15 is 0 Å². The molecule has 152 valence electrons. The van der Waals surface area contributed by atoms with Gasteiger partial charge in [0, 0.05) is 25.2 Å². The zero-order chi connectivity index (χ0) is 20.6. The highest BCUT2D eigenvalue weighted by atomic mass is 19.1. The summed E-state index contributed by atoms with van der Waals surface area (Å²) in [7, 11) is 0. The first-order chi connectivity index (χ1) is 14.0. The molecule has 0 saturated heterocycles. The monoisotopic (exact) mass is 394 g/mol. The first-order valence-electron chi connectivity index (χ1n) is 9.88. The van der Waals surface area contributed by atoms with Crippen molar-refractivity contribution in [2.45, 2.75) is 33.5 Å². The maximum Gasteiger partial charge on any atom is 0.287 e. The standard InChI is InChI=1S/C24H27FN2O2/c1-18(2)14-26-24(28)23-13-12-21(29-23)17-27(15-19-8-4-3-5-9-19)16-20-10-6-7-11-22(20)25/h3-13,18H,14-17H2,1-2H3,(H,26,28). The van der Waals surface area contributed by atoms with Crippen LogP contribution in [-0.4, -0.2) is 17.4 Å². The fraction of sp³-hybridized carbons (Fsp3) is 0.292. The molecule has 0 bridgehead atoms. The highest BCUT2D eigenvalue weighted by Crippen LogP contribution is 2.18. The minimum Gasteiger partial charge on any atom is -0.455 e. The zero-order valence-electron chi connectivity index (χ0n) is 16.9. The third kappa shape index (κ3) is 6.29. The van der Waals surface area contributed by atoms with Crippen LogP contribution in [0.4, 0.5) is 4.39 Å². The van der Waals surface area contributed by atoms with Crippen LogP contribution in [-0.2, 0) is 19.6 Å². The molecule has 1 heterocycles. The molecule has 5 heteroatoms. The van der Waals surface area contributed by atoms with Gasteiger partial charge in [-0.15, -0.1) is 0 Å². The summed E-state index contributed by atoms with van der Waals surface area (Å²) in [5.74, 6) is 0.904. The Hall–Kier alpha value is -2.92. The molecule has 1 N–H and O–H groups in total. The van der Waals surface area contributed by atoms with Gasteiger partial charge in [-0.25, -0.2) is 4.39 Å². The summed E-state index contributed by atoms with van der Waals surface area (Å²) in [5.41, 5.74) is 1.76. The highest BCUT2D eigenvalue weighted by Gasteiger charge is 2.15. The van der Waals surface area contributed by atoms with Crippen LogP contribution in [0.25, 0.3) is 0 Å². The topological polar surface area (TPSA) is 45.5 Å². The fourth-order valence-electron chi connectivity index (χ4n) is 3.07. The summed E-state index contributed by atoms with van der Waals surface area (Å²) >= 11 is 0. The summed E-state index contributed by atoms with van der Waals surface area (Å²) < 4.78 is 20.0. The lowest BCUT2D eigenvalue weighted by atomic mass is 10.1. The summed E-state index contributed by atoms with van der Waals surface area (Å²) in [6, 6.07) is 20.3. The molecule has 0 radical (unpaired) electrons. The molecule has 0 aliphatic carbocycles. The SMILES string of the molecule is CC(C)CNC(=O)c1ccc(CN(Cc2ccccc2)Cc2ccccc2F)o1. The maximum atomic E-state index is 14.2. The van der Waals surface area contributed by atoms with E-state index in [9.17, 15) is 9.18 Å². The Bertz CT molecular complexity index is 921. The summed E-state index contributed by atoms with van der Waals surface area (Å²) in [4.78, 5) is 14.3. The van der Waals surface area contributed by atoms with Gasteiger partial charge in [0.1, 0.15) is 11.6 Å². The van der Waals surface area contributed by atoms with E-state index in [1.165, 1.54) is 6.07 Å². The van der Waals surface area contributed by atoms with Gasteiger partial charge in [0.25, 0.3) is 5.91 Å². The van der Waals surface area contributed by atoms with E-state index in [4.69, 9.17) is 4.42 Å². The van der Waals surface area contributed by atoms with Crippen LogP contribution in [0.3, 0.4) is 0 Å². The van der Waals surface area contributed by atoms with Gasteiger partial charge in [0.2, 0.25) is 0 Å². The Morgan fingerprint density at radius 2 is 1.69 bits per heavy atom. The van der Waals surface area contributed by atoms with E-state index in [1.807, 2.05) is 56.3 Å². The van der Waals surface area contributed by atoms with E-state index in [2.05, 4.69) is 10.2 Å². The molecule has 0 atom stereocenters. The van der Waals surface area contributed by atoms with Gasteiger partial charge in [-0.3, -0.25) is 9.69 Å². The number of benzene rings is 2. The molecule has 3 aromatic rings. The van der Waals surface area contributed by atoms with E-state index in [-0.39, 0.29) is 11.7 Å². The highest BCUT2D eigenvalue weighted by molar-refractivity contribution is 5.91. The van der Waals surface area contributed by atoms with Crippen molar-refractivity contribution in [2.75, 3.05) is 6.54 Å². The first-order valence-corrected chi connectivity index (χ1v) is 9.88. The second kappa shape index (κ2) is 10.0. The number of furan rings is 1. The Morgan fingerprint density at radius 3 is 2.41 bits per heavy atom. The van der Waals surface area contributed by atoms with Crippen LogP contribution in [0.15, 0.2) is 71.1 Å². The van der Waals surface area contributed by atoms with Crippen LogP contribution < -0.4 is 5.32 Å². The van der Waals surface area contributed by atoms with Crippen molar-refractivity contribution < 1.29 is 13.6 Å². The number of hydrogen-bond donors (Lipinski definition) is 1. The molecule has 2 aromatic carbocycles. The second-order valence-corrected chi connectivity index (χ2v) is 7.59. The molecule has 0 aliphatic rings. The maximum absolute atomic E-state index is 14.2. The van der Waals surface area contributed by atoms with Gasteiger partial charge in [0.05, 0.1) is 6.54 Å². The van der Waals surface area contributed by atoms with Crippen molar-refractivity contribution in [3.63, 3.8) is 0 Å². The molecule has 0 unspecified atom stereocenters. The quantitative estimate of drug-likeness (QED) is 0.555. The summed E-state index contributed by atoms with van der Waals surface area (Å²) in [5, 5.41) is 2.86. The number of nitrogens with one attached hydrogen (secondary N) is 1. The lowest BCUT2D eigenvalue weighted by Crippen LogP contribution is -2.27. The number of hydrogen-bond acceptors (Lipinski definition) is 3. The molecule has 0 spiro atoms. The number of carbonyl (C=O) groups excluding carboxylic acids is 1. The predicted octanol–water partition coefficient (Wildman–Crippen LogP) is 5.01. The van der Waals surface area contributed by atoms with Gasteiger partial charge in [-0.2, -0.15) is 0 Å². The number of nitrogens with zero attached hydrogens (tertiary/aromatic N) is 1. The molecule has 3 rings (SSSR count). The number of carbonyl (C=O) groups is 1. The van der Waals surface area contributed by atoms with E-state index in [1.54, 1.807) is 18.2 Å². The Kier molecular flexibility index (Phi) is 7.19. The van der Waals surface area contributed by atoms with Crippen molar-refractivity contribution in [2.24, 2.45) is 5.92 Å². The van der Waals surface area contributed by atoms with Gasteiger partial charge in [0.15, 0.2) is 5.76 Å². The Balaban J connectivity index is 1.73. The average Bonchev–Trinajstić information content (AvgIpc) is 3.17. The molecule has 4 nitrogen and oxygen atoms in total. The summed E-state index contributed by atoms with van der Waals surface area (Å²) in [6.07, 6.45) is 0. The molecular weight excluding hydrogens is 367 g/mol. The van der Waals surface area contributed by atoms with Crippen LogP contribution in [0.5, 0.6) is 0 Å². The van der Waals surface area contributed by atoms with Gasteiger partial charge >= 0.3 is 0 Å². The van der Waals surface area contributed by atoms with Crippen LogP contribution in [0, 0.1) is 11.7 Å². The second-order valence-electron chi connectivity index (χ2n) is 7.59. The normalized spacial score (nSPS) is 11.2. The molecule has 29 heavy (non-hydrogen) atoms. The zero-order valence-corrected chi connectivity index (χ0v) is 16.9. The molecule has 0 fully saturated rings. The largest absolute Gasteiger partial charge is 0.455 e. The van der Waals surface area contributed by atoms with Crippen molar-refractivity contribution in [3.05, 3.63) is 95.2 Å². The fourth-order valence-corrected chi connectivity index (χ4v) is 3.07. The molecule has 1 aromatic heterocycles. The van der Waals surface area contributed by atoms with Gasteiger partial charge in [-0.05, 0) is 29.7 Å². The number of amides is 1. The molecular formula is C24H27FN2O2. The predicted molar refractivity (Wildman–Crippen MR) is 112 cm³/mol. The van der Waals surface area contributed by atoms with E-state index in [0.717, 1.165) is 5.56 Å². The third-order valence-electron chi connectivity index (χ3n) is 4.54. The van der Waals surface area contributed by atoms with E-state index in [0.29, 0.717) is 49.2 Å². The third-order valence-corrected chi connectivity index (χ3v) is 4.54. The minimum absolute atomic E-state index is 0.214. The number of halogens is 1. The van der Waals surface area contributed by atoms with Crippen molar-refractivity contribution in [3.8, 4) is 0 Å². The van der Waals surface area contributed by atoms with Gasteiger partial charge < -0.3 is 9.73 Å². The average molecular weight is 394 g/mol. The van der Waals surface area contributed by atoms with Gasteiger partial charge in [-0.1, -0.05) is 62.4 Å².